The van der Waals surface area contributed by atoms with Crippen molar-refractivity contribution in [3.8, 4) is 5.75 Å². The Morgan fingerprint density at radius 3 is 2.12 bits per heavy atom. The number of rotatable bonds is 15. The smallest absolute Gasteiger partial charge is 0.326 e. The first-order chi connectivity index (χ1) is 15.1. The van der Waals surface area contributed by atoms with Gasteiger partial charge in [-0.25, -0.2) is 9.68 Å². The van der Waals surface area contributed by atoms with Crippen LogP contribution in [0, 0.1) is 0 Å². The molecule has 0 heterocycles. The molecular formula is C20H29N3O9. The van der Waals surface area contributed by atoms with E-state index in [-0.39, 0.29) is 31.6 Å². The molecule has 0 aliphatic rings. The summed E-state index contributed by atoms with van der Waals surface area (Å²) in [4.78, 5) is 51.3. The maximum atomic E-state index is 12.8. The average Bonchev–Trinajstić information content (AvgIpc) is 2.74. The van der Waals surface area contributed by atoms with E-state index in [4.69, 9.17) is 16.1 Å². The molecule has 8 N–H and O–H groups in total. The van der Waals surface area contributed by atoms with Crippen LogP contribution in [0.3, 0.4) is 0 Å². The van der Waals surface area contributed by atoms with Crippen LogP contribution in [0.25, 0.3) is 0 Å². The van der Waals surface area contributed by atoms with E-state index in [1.54, 1.807) is 0 Å². The van der Waals surface area contributed by atoms with Gasteiger partial charge in [0.2, 0.25) is 11.8 Å². The van der Waals surface area contributed by atoms with Gasteiger partial charge in [0, 0.05) is 12.8 Å². The number of unbranched alkanes of at least 4 members (excludes halogenated alkanes) is 1. The average molecular weight is 455 g/mol. The maximum Gasteiger partial charge on any atom is 0.326 e. The molecule has 1 aromatic carbocycles. The number of hydrogen-bond acceptors (Lipinski definition) is 8. The molecule has 12 nitrogen and oxygen atoms in total. The fourth-order valence-corrected chi connectivity index (χ4v) is 2.82. The van der Waals surface area contributed by atoms with Crippen molar-refractivity contribution in [1.29, 1.82) is 0 Å². The van der Waals surface area contributed by atoms with Crippen LogP contribution in [0.5, 0.6) is 5.75 Å². The number of aromatic hydroxyl groups is 1. The van der Waals surface area contributed by atoms with Crippen LogP contribution in [0.4, 0.5) is 0 Å². The first-order valence-corrected chi connectivity index (χ1v) is 9.99. The Kier molecular flexibility index (Phi) is 11.7. The minimum absolute atomic E-state index is 0.00674. The monoisotopic (exact) mass is 455 g/mol. The lowest BCUT2D eigenvalue weighted by atomic mass is 10.0. The van der Waals surface area contributed by atoms with Gasteiger partial charge in [0.05, 0.1) is 12.6 Å². The quantitative estimate of drug-likeness (QED) is 0.106. The Bertz CT molecular complexity index is 770. The zero-order valence-electron chi connectivity index (χ0n) is 17.4. The van der Waals surface area contributed by atoms with Crippen LogP contribution in [0.1, 0.15) is 37.7 Å². The number of carboxylic acid groups (broad SMARTS) is 2. The van der Waals surface area contributed by atoms with Crippen molar-refractivity contribution < 1.29 is 44.6 Å². The fourth-order valence-electron chi connectivity index (χ4n) is 2.82. The lowest BCUT2D eigenvalue weighted by Crippen LogP contribution is -2.55. The van der Waals surface area contributed by atoms with E-state index in [1.165, 1.54) is 24.3 Å². The van der Waals surface area contributed by atoms with Gasteiger partial charge in [-0.15, -0.1) is 0 Å². The first-order valence-electron chi connectivity index (χ1n) is 9.99. The van der Waals surface area contributed by atoms with Gasteiger partial charge in [-0.1, -0.05) is 12.1 Å². The number of benzene rings is 1. The summed E-state index contributed by atoms with van der Waals surface area (Å²) in [7, 11) is 0. The van der Waals surface area contributed by atoms with Crippen molar-refractivity contribution in [3.05, 3.63) is 29.8 Å². The summed E-state index contributed by atoms with van der Waals surface area (Å²) in [5.74, 6) is -4.06. The largest absolute Gasteiger partial charge is 0.508 e. The standard InChI is InChI=1S/C20H29N3O9/c21-14(3-1-2-10-32-31)18(27)23-16(11-12-4-6-13(24)7-5-12)19(28)22-15(20(29)30)8-9-17(25)26/h4-7,14-16,24,31H,1-3,8-11,21H2,(H,22,28)(H,23,27)(H,25,26)(H,29,30)/t14-,15-,16-/m0/s1. The van der Waals surface area contributed by atoms with Gasteiger partial charge in [0.1, 0.15) is 17.8 Å². The van der Waals surface area contributed by atoms with Crippen LogP contribution in [-0.2, 0) is 30.5 Å². The fraction of sp³-hybridized carbons (Fsp3) is 0.500. The number of nitrogens with one attached hydrogen (secondary N) is 2. The minimum Gasteiger partial charge on any atom is -0.508 e. The summed E-state index contributed by atoms with van der Waals surface area (Å²) in [6, 6.07) is 2.27. The molecule has 0 bridgehead atoms. The molecule has 3 atom stereocenters. The number of carbonyl (C=O) groups is 4. The molecule has 32 heavy (non-hydrogen) atoms. The summed E-state index contributed by atoms with van der Waals surface area (Å²) in [6.07, 6.45) is 0.406. The van der Waals surface area contributed by atoms with Gasteiger partial charge >= 0.3 is 11.9 Å². The predicted molar refractivity (Wildman–Crippen MR) is 111 cm³/mol. The molecule has 0 aliphatic carbocycles. The molecule has 0 spiro atoms. The van der Waals surface area contributed by atoms with Crippen LogP contribution >= 0.6 is 0 Å². The third-order valence-corrected chi connectivity index (χ3v) is 4.61. The summed E-state index contributed by atoms with van der Waals surface area (Å²) in [5, 5.41) is 40.5. The van der Waals surface area contributed by atoms with E-state index in [2.05, 4.69) is 15.5 Å². The van der Waals surface area contributed by atoms with E-state index in [0.717, 1.165) is 0 Å². The highest BCUT2D eigenvalue weighted by Crippen LogP contribution is 2.12. The molecule has 1 rings (SSSR count). The van der Waals surface area contributed by atoms with Gasteiger partial charge in [-0.3, -0.25) is 19.6 Å². The second-order valence-corrected chi connectivity index (χ2v) is 7.20. The van der Waals surface area contributed by atoms with Crippen molar-refractivity contribution >= 4 is 23.8 Å². The number of amides is 2. The normalized spacial score (nSPS) is 13.6. The topological polar surface area (TPSA) is 209 Å². The van der Waals surface area contributed by atoms with Gasteiger partial charge in [0.15, 0.2) is 0 Å². The van der Waals surface area contributed by atoms with Crippen LogP contribution in [0.15, 0.2) is 24.3 Å². The van der Waals surface area contributed by atoms with E-state index in [0.29, 0.717) is 18.4 Å². The maximum absolute atomic E-state index is 12.8. The van der Waals surface area contributed by atoms with Crippen molar-refractivity contribution in [3.63, 3.8) is 0 Å². The summed E-state index contributed by atoms with van der Waals surface area (Å²) in [6.45, 7) is 0.0904. The Balaban J connectivity index is 2.89. The van der Waals surface area contributed by atoms with E-state index < -0.39 is 48.3 Å². The van der Waals surface area contributed by atoms with Gasteiger partial charge < -0.3 is 31.7 Å². The number of carbonyl (C=O) groups excluding carboxylic acids is 2. The number of phenolic OH excluding ortho intramolecular Hbond substituents is 1. The van der Waals surface area contributed by atoms with Gasteiger partial charge in [-0.05, 0) is 43.4 Å². The molecule has 0 unspecified atom stereocenters. The first kappa shape index (κ1) is 26.8. The lowest BCUT2D eigenvalue weighted by Gasteiger charge is -2.23. The Labute approximate surface area is 184 Å². The summed E-state index contributed by atoms with van der Waals surface area (Å²) in [5.41, 5.74) is 6.43. The second-order valence-electron chi connectivity index (χ2n) is 7.20. The number of nitrogens with two attached hydrogens (primary N) is 1. The molecule has 0 radical (unpaired) electrons. The zero-order chi connectivity index (χ0) is 24.1. The van der Waals surface area contributed by atoms with E-state index >= 15 is 0 Å². The number of hydrogen-bond donors (Lipinski definition) is 7. The van der Waals surface area contributed by atoms with Crippen molar-refractivity contribution in [1.82, 2.24) is 10.6 Å². The minimum atomic E-state index is -1.45. The van der Waals surface area contributed by atoms with Crippen LogP contribution in [0.2, 0.25) is 0 Å². The van der Waals surface area contributed by atoms with Crippen LogP contribution in [-0.4, -0.2) is 69.1 Å². The molecule has 0 saturated carbocycles. The lowest BCUT2D eigenvalue weighted by molar-refractivity contribution is -0.242. The molecule has 1 aromatic rings. The third kappa shape index (κ3) is 10.2. The van der Waals surface area contributed by atoms with Crippen LogP contribution < -0.4 is 16.4 Å². The highest BCUT2D eigenvalue weighted by atomic mass is 17.1. The Hall–Kier alpha value is -3.22. The van der Waals surface area contributed by atoms with Crippen molar-refractivity contribution in [2.45, 2.75) is 56.7 Å². The SMILES string of the molecule is N[C@@H](CCCCOO)C(=O)N[C@@H](Cc1ccc(O)cc1)C(=O)N[C@@H](CCC(=O)O)C(=O)O. The molecule has 0 saturated heterocycles. The predicted octanol–water partition coefficient (Wildman–Crippen LogP) is -0.159. The third-order valence-electron chi connectivity index (χ3n) is 4.61. The Morgan fingerprint density at radius 1 is 0.938 bits per heavy atom. The second kappa shape index (κ2) is 14.0. The number of phenols is 1. The molecule has 12 heteroatoms. The molecule has 0 aliphatic heterocycles. The van der Waals surface area contributed by atoms with E-state index in [9.17, 15) is 29.4 Å². The van der Waals surface area contributed by atoms with Gasteiger partial charge in [-0.2, -0.15) is 0 Å². The summed E-state index contributed by atoms with van der Waals surface area (Å²) >= 11 is 0. The highest BCUT2D eigenvalue weighted by molar-refractivity contribution is 5.92. The number of carboxylic acids is 2. The van der Waals surface area contributed by atoms with Gasteiger partial charge in [0.25, 0.3) is 0 Å². The van der Waals surface area contributed by atoms with E-state index in [1.807, 2.05) is 0 Å². The number of aliphatic carboxylic acids is 2. The molecule has 178 valence electrons. The Morgan fingerprint density at radius 2 is 1.56 bits per heavy atom. The molecule has 2 amide bonds. The van der Waals surface area contributed by atoms with Crippen molar-refractivity contribution in [2.75, 3.05) is 6.61 Å². The molecule has 0 aromatic heterocycles. The summed E-state index contributed by atoms with van der Waals surface area (Å²) < 4.78 is 0. The highest BCUT2D eigenvalue weighted by Gasteiger charge is 2.28. The molecular weight excluding hydrogens is 426 g/mol. The van der Waals surface area contributed by atoms with Crippen molar-refractivity contribution in [2.24, 2.45) is 5.73 Å². The molecule has 0 fully saturated rings. The zero-order valence-corrected chi connectivity index (χ0v) is 17.4.